The highest BCUT2D eigenvalue weighted by atomic mass is 16.6. The molecule has 0 amide bonds. The number of Topliss-reactive ketones (excluding diaryl/α,β-unsaturated/α-hetero) is 1. The fraction of sp³-hybridized carbons (Fsp3) is 0.318. The van der Waals surface area contributed by atoms with Crippen LogP contribution < -0.4 is 14.2 Å². The summed E-state index contributed by atoms with van der Waals surface area (Å²) in [5.41, 5.74) is 0.581. The van der Waals surface area contributed by atoms with Crippen LogP contribution in [0.1, 0.15) is 38.1 Å². The van der Waals surface area contributed by atoms with Crippen molar-refractivity contribution in [2.75, 3.05) is 14.2 Å². The van der Waals surface area contributed by atoms with Gasteiger partial charge in [0.25, 0.3) is 5.95 Å². The Balaban J connectivity index is 2.34. The minimum absolute atomic E-state index is 0.138. The number of hydrogen-bond acceptors (Lipinski definition) is 5. The lowest BCUT2D eigenvalue weighted by molar-refractivity contribution is 0.0957. The summed E-state index contributed by atoms with van der Waals surface area (Å²) in [7, 11) is 3.14. The Morgan fingerprint density at radius 3 is 2.04 bits per heavy atom. The first-order valence-corrected chi connectivity index (χ1v) is 8.73. The number of methoxy groups -OCH3 is 2. The van der Waals surface area contributed by atoms with E-state index in [4.69, 9.17) is 18.6 Å². The number of hydrogen-bond donors (Lipinski definition) is 0. The number of ketones is 1. The molecule has 0 saturated heterocycles. The summed E-state index contributed by atoms with van der Waals surface area (Å²) in [6, 6.07) is 11.2. The smallest absolute Gasteiger partial charge is 0.285 e. The molecule has 0 N–H and O–H groups in total. The van der Waals surface area contributed by atoms with Crippen molar-refractivity contribution in [3.8, 4) is 28.8 Å². The number of rotatable bonds is 5. The molecule has 0 aliphatic carbocycles. The maximum Gasteiger partial charge on any atom is 0.285 e. The highest BCUT2D eigenvalue weighted by molar-refractivity contribution is 6.13. The van der Waals surface area contributed by atoms with Gasteiger partial charge in [0, 0.05) is 16.8 Å². The van der Waals surface area contributed by atoms with E-state index in [1.54, 1.807) is 26.4 Å². The Morgan fingerprint density at radius 2 is 1.52 bits per heavy atom. The first-order chi connectivity index (χ1) is 12.8. The van der Waals surface area contributed by atoms with Crippen molar-refractivity contribution in [3.05, 3.63) is 42.0 Å². The maximum atomic E-state index is 12.6. The van der Waals surface area contributed by atoms with Crippen LogP contribution in [0.2, 0.25) is 0 Å². The van der Waals surface area contributed by atoms with Crippen LogP contribution >= 0.6 is 0 Å². The molecule has 0 saturated carbocycles. The number of carbonyl (C=O) groups excluding carboxylic acids is 1. The van der Waals surface area contributed by atoms with Gasteiger partial charge in [0.05, 0.1) is 25.3 Å². The van der Waals surface area contributed by atoms with Crippen LogP contribution in [-0.2, 0) is 0 Å². The van der Waals surface area contributed by atoms with Gasteiger partial charge in [0.2, 0.25) is 0 Å². The van der Waals surface area contributed by atoms with E-state index in [2.05, 4.69) is 0 Å². The van der Waals surface area contributed by atoms with Crippen molar-refractivity contribution in [2.24, 2.45) is 0 Å². The number of carbonyl (C=O) groups is 1. The summed E-state index contributed by atoms with van der Waals surface area (Å²) in [5, 5.41) is 1.65. The van der Waals surface area contributed by atoms with E-state index in [-0.39, 0.29) is 5.78 Å². The Kier molecular flexibility index (Phi) is 4.87. The van der Waals surface area contributed by atoms with E-state index < -0.39 is 5.60 Å². The molecule has 0 spiro atoms. The van der Waals surface area contributed by atoms with Crippen LogP contribution in [0.5, 0.6) is 17.4 Å². The standard InChI is InChI=1S/C22H24O5/c1-13(23)18-19(16-11-12-17(26-16)27-22(2,3)4)21(25-6)15-10-8-7-9-14(15)20(18)24-5/h7-12H,1-6H3. The van der Waals surface area contributed by atoms with Crippen LogP contribution in [-0.4, -0.2) is 25.6 Å². The lowest BCUT2D eigenvalue weighted by atomic mass is 9.94. The molecule has 0 fully saturated rings. The summed E-state index contributed by atoms with van der Waals surface area (Å²) in [5.74, 6) is 1.79. The SMILES string of the molecule is COc1c(C(C)=O)c(-c2ccc(OC(C)(C)C)o2)c(OC)c2ccccc12. The van der Waals surface area contributed by atoms with Gasteiger partial charge in [-0.25, -0.2) is 0 Å². The topological polar surface area (TPSA) is 57.9 Å². The van der Waals surface area contributed by atoms with Crippen LogP contribution in [0.4, 0.5) is 0 Å². The van der Waals surface area contributed by atoms with Crippen LogP contribution in [0.3, 0.4) is 0 Å². The van der Waals surface area contributed by atoms with E-state index in [1.165, 1.54) is 6.92 Å². The van der Waals surface area contributed by atoms with Gasteiger partial charge in [-0.05, 0) is 33.8 Å². The second kappa shape index (κ2) is 6.99. The Morgan fingerprint density at radius 1 is 0.926 bits per heavy atom. The molecule has 1 aromatic heterocycles. The molecule has 0 radical (unpaired) electrons. The largest absolute Gasteiger partial charge is 0.495 e. The molecule has 3 rings (SSSR count). The van der Waals surface area contributed by atoms with Crippen LogP contribution in [0, 0.1) is 0 Å². The van der Waals surface area contributed by atoms with Crippen LogP contribution in [0.15, 0.2) is 40.8 Å². The highest BCUT2D eigenvalue weighted by Gasteiger charge is 2.27. The van der Waals surface area contributed by atoms with Crippen molar-refractivity contribution >= 4 is 16.6 Å². The molecule has 142 valence electrons. The minimum atomic E-state index is -0.399. The fourth-order valence-corrected chi connectivity index (χ4v) is 3.18. The number of ether oxygens (including phenoxy) is 3. The van der Waals surface area contributed by atoms with Crippen molar-refractivity contribution in [2.45, 2.75) is 33.3 Å². The number of fused-ring (bicyclic) bond motifs is 1. The molecule has 0 unspecified atom stereocenters. The summed E-state index contributed by atoms with van der Waals surface area (Å²) in [6.07, 6.45) is 0. The third-order valence-corrected chi connectivity index (χ3v) is 4.12. The van der Waals surface area contributed by atoms with Gasteiger partial charge in [-0.2, -0.15) is 0 Å². The lowest BCUT2D eigenvalue weighted by Crippen LogP contribution is -2.22. The summed E-state index contributed by atoms with van der Waals surface area (Å²) >= 11 is 0. The average molecular weight is 368 g/mol. The first-order valence-electron chi connectivity index (χ1n) is 8.73. The molecule has 5 nitrogen and oxygen atoms in total. The fourth-order valence-electron chi connectivity index (χ4n) is 3.18. The van der Waals surface area contributed by atoms with Crippen molar-refractivity contribution in [3.63, 3.8) is 0 Å². The zero-order chi connectivity index (χ0) is 19.8. The normalized spacial score (nSPS) is 11.5. The van der Waals surface area contributed by atoms with Crippen LogP contribution in [0.25, 0.3) is 22.1 Å². The summed E-state index contributed by atoms with van der Waals surface area (Å²) in [4.78, 5) is 12.6. The van der Waals surface area contributed by atoms with Gasteiger partial charge in [-0.1, -0.05) is 24.3 Å². The maximum absolute atomic E-state index is 12.6. The molecular weight excluding hydrogens is 344 g/mol. The number of furan rings is 1. The summed E-state index contributed by atoms with van der Waals surface area (Å²) in [6.45, 7) is 7.33. The molecule has 1 heterocycles. The Hall–Kier alpha value is -2.95. The molecule has 27 heavy (non-hydrogen) atoms. The Bertz CT molecular complexity index is 992. The zero-order valence-electron chi connectivity index (χ0n) is 16.5. The van der Waals surface area contributed by atoms with E-state index >= 15 is 0 Å². The molecule has 0 bridgehead atoms. The van der Waals surface area contributed by atoms with E-state index in [0.717, 1.165) is 10.8 Å². The minimum Gasteiger partial charge on any atom is -0.495 e. The second-order valence-electron chi connectivity index (χ2n) is 7.25. The molecule has 5 heteroatoms. The lowest BCUT2D eigenvalue weighted by Gasteiger charge is -2.19. The van der Waals surface area contributed by atoms with Crippen molar-refractivity contribution < 1.29 is 23.4 Å². The predicted octanol–water partition coefficient (Wildman–Crippen LogP) is 5.50. The molecule has 0 aliphatic heterocycles. The van der Waals surface area contributed by atoms with E-state index in [0.29, 0.717) is 34.3 Å². The van der Waals surface area contributed by atoms with Gasteiger partial charge in [0.1, 0.15) is 22.9 Å². The van der Waals surface area contributed by atoms with Gasteiger partial charge in [-0.3, -0.25) is 4.79 Å². The van der Waals surface area contributed by atoms with Crippen molar-refractivity contribution in [1.29, 1.82) is 0 Å². The second-order valence-corrected chi connectivity index (χ2v) is 7.25. The third kappa shape index (κ3) is 3.50. The summed E-state index contributed by atoms with van der Waals surface area (Å²) < 4.78 is 23.0. The van der Waals surface area contributed by atoms with Gasteiger partial charge >= 0.3 is 0 Å². The molecule has 2 aromatic carbocycles. The molecule has 0 aliphatic rings. The Labute approximate surface area is 158 Å². The predicted molar refractivity (Wildman–Crippen MR) is 105 cm³/mol. The molecular formula is C22H24O5. The van der Waals surface area contributed by atoms with Gasteiger partial charge < -0.3 is 18.6 Å². The van der Waals surface area contributed by atoms with E-state index in [1.807, 2.05) is 45.0 Å². The monoisotopic (exact) mass is 368 g/mol. The quantitative estimate of drug-likeness (QED) is 0.557. The first kappa shape index (κ1) is 18.8. The number of benzene rings is 2. The average Bonchev–Trinajstić information content (AvgIpc) is 3.05. The highest BCUT2D eigenvalue weighted by Crippen LogP contribution is 2.47. The molecule has 0 atom stereocenters. The van der Waals surface area contributed by atoms with Gasteiger partial charge in [0.15, 0.2) is 5.78 Å². The molecule has 3 aromatic rings. The van der Waals surface area contributed by atoms with E-state index in [9.17, 15) is 4.79 Å². The third-order valence-electron chi connectivity index (χ3n) is 4.12. The van der Waals surface area contributed by atoms with Gasteiger partial charge in [-0.15, -0.1) is 0 Å². The van der Waals surface area contributed by atoms with Crippen molar-refractivity contribution in [1.82, 2.24) is 0 Å². The zero-order valence-corrected chi connectivity index (χ0v) is 16.5.